The van der Waals surface area contributed by atoms with Gasteiger partial charge in [0.2, 0.25) is 5.13 Å². The van der Waals surface area contributed by atoms with E-state index in [-0.39, 0.29) is 5.91 Å². The first kappa shape index (κ1) is 17.4. The van der Waals surface area contributed by atoms with Crippen molar-refractivity contribution >= 4 is 22.6 Å². The number of anilines is 1. The number of nitrogens with zero attached hydrogens (tertiary/aromatic N) is 2. The summed E-state index contributed by atoms with van der Waals surface area (Å²) in [5.41, 5.74) is 0.841. The van der Waals surface area contributed by atoms with E-state index in [9.17, 15) is 4.79 Å². The first-order valence-corrected chi connectivity index (χ1v) is 8.32. The zero-order valence-corrected chi connectivity index (χ0v) is 14.4. The summed E-state index contributed by atoms with van der Waals surface area (Å²) in [7, 11) is 1.61. The first-order chi connectivity index (χ1) is 11.1. The minimum absolute atomic E-state index is 0.213. The maximum absolute atomic E-state index is 12.0. The molecule has 2 aromatic rings. The van der Waals surface area contributed by atoms with Crippen LogP contribution in [0, 0.1) is 0 Å². The molecular weight excluding hydrogens is 314 g/mol. The highest BCUT2D eigenvalue weighted by Gasteiger charge is 2.16. The predicted octanol–water partition coefficient (Wildman–Crippen LogP) is 3.36. The number of amides is 1. The largest absolute Gasteiger partial charge is 0.497 e. The Kier molecular flexibility index (Phi) is 6.49. The SMILES string of the molecule is CCCCOC(C)C(=O)Nc1nc(-c2cccc(OC)c2)ns1. The lowest BCUT2D eigenvalue weighted by Gasteiger charge is -2.11. The van der Waals surface area contributed by atoms with Crippen molar-refractivity contribution in [2.24, 2.45) is 0 Å². The molecule has 1 N–H and O–H groups in total. The quantitative estimate of drug-likeness (QED) is 0.749. The number of nitrogens with one attached hydrogen (secondary N) is 1. The topological polar surface area (TPSA) is 73.3 Å². The molecule has 1 aromatic heterocycles. The highest BCUT2D eigenvalue weighted by Crippen LogP contribution is 2.24. The molecule has 0 aliphatic carbocycles. The molecule has 0 aliphatic rings. The molecule has 124 valence electrons. The van der Waals surface area contributed by atoms with E-state index in [2.05, 4.69) is 21.6 Å². The molecule has 0 fully saturated rings. The third-order valence-corrected chi connectivity index (χ3v) is 3.85. The lowest BCUT2D eigenvalue weighted by atomic mass is 10.2. The predicted molar refractivity (Wildman–Crippen MR) is 90.8 cm³/mol. The number of ether oxygens (including phenoxy) is 2. The summed E-state index contributed by atoms with van der Waals surface area (Å²) in [5, 5.41) is 3.19. The van der Waals surface area contributed by atoms with Crippen molar-refractivity contribution in [1.82, 2.24) is 9.36 Å². The second kappa shape index (κ2) is 8.59. The summed E-state index contributed by atoms with van der Waals surface area (Å²) < 4.78 is 14.9. The highest BCUT2D eigenvalue weighted by atomic mass is 32.1. The Balaban J connectivity index is 1.97. The van der Waals surface area contributed by atoms with Gasteiger partial charge in [-0.1, -0.05) is 25.5 Å². The fourth-order valence-corrected chi connectivity index (χ4v) is 2.43. The molecule has 1 amide bonds. The molecule has 1 unspecified atom stereocenters. The molecule has 0 saturated carbocycles. The van der Waals surface area contributed by atoms with E-state index in [1.54, 1.807) is 14.0 Å². The van der Waals surface area contributed by atoms with Gasteiger partial charge in [0.25, 0.3) is 5.91 Å². The summed E-state index contributed by atoms with van der Waals surface area (Å²) in [6, 6.07) is 7.47. The van der Waals surface area contributed by atoms with Gasteiger partial charge in [-0.25, -0.2) is 0 Å². The average molecular weight is 335 g/mol. The third kappa shape index (κ3) is 5.01. The standard InChI is InChI=1S/C16H21N3O3S/c1-4-5-9-22-11(2)15(20)18-16-17-14(19-23-16)12-7-6-8-13(10-12)21-3/h6-8,10-11H,4-5,9H2,1-3H3,(H,17,18,19,20). The Bertz CT molecular complexity index is 645. The van der Waals surface area contributed by atoms with Crippen molar-refractivity contribution in [3.05, 3.63) is 24.3 Å². The molecule has 0 aliphatic heterocycles. The number of unbranched alkanes of at least 4 members (excludes halogenated alkanes) is 1. The van der Waals surface area contributed by atoms with Crippen molar-refractivity contribution in [2.45, 2.75) is 32.8 Å². The number of carbonyl (C=O) groups excluding carboxylic acids is 1. The molecule has 6 nitrogen and oxygen atoms in total. The van der Waals surface area contributed by atoms with Crippen LogP contribution >= 0.6 is 11.5 Å². The normalized spacial score (nSPS) is 12.0. The van der Waals surface area contributed by atoms with E-state index in [4.69, 9.17) is 9.47 Å². The molecule has 7 heteroatoms. The van der Waals surface area contributed by atoms with Crippen LogP contribution in [0.1, 0.15) is 26.7 Å². The van der Waals surface area contributed by atoms with Crippen LogP contribution in [0.5, 0.6) is 5.75 Å². The van der Waals surface area contributed by atoms with Gasteiger partial charge >= 0.3 is 0 Å². The molecule has 0 bridgehead atoms. The van der Waals surface area contributed by atoms with Gasteiger partial charge in [0, 0.05) is 23.7 Å². The molecule has 1 aromatic carbocycles. The third-order valence-electron chi connectivity index (χ3n) is 3.22. The molecule has 0 spiro atoms. The monoisotopic (exact) mass is 335 g/mol. The smallest absolute Gasteiger partial charge is 0.255 e. The van der Waals surface area contributed by atoms with Gasteiger partial charge in [0.15, 0.2) is 5.82 Å². The summed E-state index contributed by atoms with van der Waals surface area (Å²) >= 11 is 1.14. The molecule has 0 saturated heterocycles. The Hall–Kier alpha value is -1.99. The van der Waals surface area contributed by atoms with Gasteiger partial charge in [-0.05, 0) is 25.5 Å². The summed E-state index contributed by atoms with van der Waals surface area (Å²) in [5.74, 6) is 1.08. The minimum atomic E-state index is -0.509. The van der Waals surface area contributed by atoms with Crippen LogP contribution < -0.4 is 10.1 Å². The molecule has 23 heavy (non-hydrogen) atoms. The van der Waals surface area contributed by atoms with Crippen LogP contribution in [0.15, 0.2) is 24.3 Å². The summed E-state index contributed by atoms with van der Waals surface area (Å²) in [6.07, 6.45) is 1.47. The van der Waals surface area contributed by atoms with Gasteiger partial charge in [-0.2, -0.15) is 9.36 Å². The summed E-state index contributed by atoms with van der Waals surface area (Å²) in [6.45, 7) is 4.39. The van der Waals surface area contributed by atoms with E-state index in [0.29, 0.717) is 17.6 Å². The summed E-state index contributed by atoms with van der Waals surface area (Å²) in [4.78, 5) is 16.4. The second-order valence-electron chi connectivity index (χ2n) is 5.01. The van der Waals surface area contributed by atoms with Crippen LogP contribution in [0.2, 0.25) is 0 Å². The van der Waals surface area contributed by atoms with Crippen molar-refractivity contribution in [1.29, 1.82) is 0 Å². The molecule has 1 heterocycles. The zero-order chi connectivity index (χ0) is 16.7. The van der Waals surface area contributed by atoms with Crippen molar-refractivity contribution in [3.63, 3.8) is 0 Å². The Morgan fingerprint density at radius 2 is 2.26 bits per heavy atom. The molecule has 2 rings (SSSR count). The molecular formula is C16H21N3O3S. The number of hydrogen-bond acceptors (Lipinski definition) is 6. The number of benzene rings is 1. The number of aromatic nitrogens is 2. The van der Waals surface area contributed by atoms with E-state index >= 15 is 0 Å². The van der Waals surface area contributed by atoms with E-state index < -0.39 is 6.10 Å². The van der Waals surface area contributed by atoms with Crippen LogP contribution in [0.4, 0.5) is 5.13 Å². The lowest BCUT2D eigenvalue weighted by Crippen LogP contribution is -2.28. The molecule has 0 radical (unpaired) electrons. The van der Waals surface area contributed by atoms with Crippen molar-refractivity contribution < 1.29 is 14.3 Å². The van der Waals surface area contributed by atoms with Crippen LogP contribution in [-0.2, 0) is 9.53 Å². The van der Waals surface area contributed by atoms with E-state index in [0.717, 1.165) is 35.7 Å². The van der Waals surface area contributed by atoms with E-state index in [1.165, 1.54) is 0 Å². The fraction of sp³-hybridized carbons (Fsp3) is 0.438. The fourth-order valence-electron chi connectivity index (χ4n) is 1.84. The van der Waals surface area contributed by atoms with Gasteiger partial charge < -0.3 is 9.47 Å². The average Bonchev–Trinajstić information content (AvgIpc) is 3.03. The Morgan fingerprint density at radius 3 is 3.00 bits per heavy atom. The minimum Gasteiger partial charge on any atom is -0.497 e. The van der Waals surface area contributed by atoms with Crippen molar-refractivity contribution in [2.75, 3.05) is 19.0 Å². The number of hydrogen-bond donors (Lipinski definition) is 1. The van der Waals surface area contributed by atoms with Crippen molar-refractivity contribution in [3.8, 4) is 17.1 Å². The van der Waals surface area contributed by atoms with Gasteiger partial charge in [-0.3, -0.25) is 10.1 Å². The van der Waals surface area contributed by atoms with Crippen LogP contribution in [0.25, 0.3) is 11.4 Å². The number of rotatable bonds is 8. The maximum atomic E-state index is 12.0. The molecule has 1 atom stereocenters. The van der Waals surface area contributed by atoms with Gasteiger partial charge in [0.1, 0.15) is 11.9 Å². The Morgan fingerprint density at radius 1 is 1.43 bits per heavy atom. The number of methoxy groups -OCH3 is 1. The highest BCUT2D eigenvalue weighted by molar-refractivity contribution is 7.10. The Labute approximate surface area is 140 Å². The maximum Gasteiger partial charge on any atom is 0.255 e. The van der Waals surface area contributed by atoms with Crippen LogP contribution in [-0.4, -0.2) is 35.1 Å². The van der Waals surface area contributed by atoms with Gasteiger partial charge in [0.05, 0.1) is 7.11 Å². The zero-order valence-electron chi connectivity index (χ0n) is 13.5. The second-order valence-corrected chi connectivity index (χ2v) is 5.76. The van der Waals surface area contributed by atoms with Gasteiger partial charge in [-0.15, -0.1) is 0 Å². The first-order valence-electron chi connectivity index (χ1n) is 7.54. The van der Waals surface area contributed by atoms with E-state index in [1.807, 2.05) is 24.3 Å². The lowest BCUT2D eigenvalue weighted by molar-refractivity contribution is -0.126. The van der Waals surface area contributed by atoms with Crippen LogP contribution in [0.3, 0.4) is 0 Å². The number of carbonyl (C=O) groups is 1.